The second-order valence-corrected chi connectivity index (χ2v) is 4.74. The Morgan fingerprint density at radius 2 is 2.00 bits per heavy atom. The summed E-state index contributed by atoms with van der Waals surface area (Å²) in [5.41, 5.74) is 5.81. The normalized spacial score (nSPS) is 27.3. The second-order valence-electron chi connectivity index (χ2n) is 4.74. The fourth-order valence-electron chi connectivity index (χ4n) is 2.14. The zero-order chi connectivity index (χ0) is 10.2. The van der Waals surface area contributed by atoms with Crippen LogP contribution in [-0.2, 0) is 0 Å². The van der Waals surface area contributed by atoms with Crippen molar-refractivity contribution < 1.29 is 9.90 Å². The van der Waals surface area contributed by atoms with Gasteiger partial charge in [-0.05, 0) is 11.8 Å². The molecule has 5 heteroatoms. The van der Waals surface area contributed by atoms with Gasteiger partial charge in [0.2, 0.25) is 0 Å². The molecule has 1 aliphatic heterocycles. The number of carbonyl (C=O) groups is 1. The van der Waals surface area contributed by atoms with Gasteiger partial charge in [-0.3, -0.25) is 0 Å². The van der Waals surface area contributed by atoms with Crippen molar-refractivity contribution in [1.29, 1.82) is 0 Å². The molecule has 0 aromatic carbocycles. The summed E-state index contributed by atoms with van der Waals surface area (Å²) in [6, 6.07) is -0.0684. The third-order valence-corrected chi connectivity index (χ3v) is 2.58. The molecule has 0 aromatic heterocycles. The summed E-state index contributed by atoms with van der Waals surface area (Å²) in [4.78, 5) is 12.3. The predicted octanol–water partition coefficient (Wildman–Crippen LogP) is 1.53. The van der Waals surface area contributed by atoms with E-state index < -0.39 is 6.09 Å². The van der Waals surface area contributed by atoms with Gasteiger partial charge in [0.1, 0.15) is 0 Å². The molecule has 1 saturated heterocycles. The summed E-state index contributed by atoms with van der Waals surface area (Å²) in [5, 5.41) is 8.94. The topological polar surface area (TPSA) is 66.6 Å². The maximum absolute atomic E-state index is 10.9. The quantitative estimate of drug-likeness (QED) is 0.653. The molecule has 1 heterocycles. The summed E-state index contributed by atoms with van der Waals surface area (Å²) in [5.74, 6) is 0. The Balaban J connectivity index is 0.00000169. The maximum atomic E-state index is 10.9. The van der Waals surface area contributed by atoms with Gasteiger partial charge >= 0.3 is 6.09 Å². The largest absolute Gasteiger partial charge is 0.465 e. The SMILES string of the molecule is CC(C)(C)C1C(N)CCN1C(=O)O.Cl. The van der Waals surface area contributed by atoms with Crippen LogP contribution in [0.2, 0.25) is 0 Å². The highest BCUT2D eigenvalue weighted by molar-refractivity contribution is 5.85. The molecule has 2 atom stereocenters. The molecule has 1 aliphatic rings. The van der Waals surface area contributed by atoms with E-state index in [9.17, 15) is 4.79 Å². The van der Waals surface area contributed by atoms with Crippen LogP contribution in [0.25, 0.3) is 0 Å². The monoisotopic (exact) mass is 222 g/mol. The summed E-state index contributed by atoms with van der Waals surface area (Å²) in [6.07, 6.45) is -0.0818. The lowest BCUT2D eigenvalue weighted by Crippen LogP contribution is -2.49. The lowest BCUT2D eigenvalue weighted by atomic mass is 9.83. The first kappa shape index (κ1) is 13.5. The summed E-state index contributed by atoms with van der Waals surface area (Å²) in [6.45, 7) is 6.65. The summed E-state index contributed by atoms with van der Waals surface area (Å²) >= 11 is 0. The zero-order valence-electron chi connectivity index (χ0n) is 8.86. The molecule has 0 spiro atoms. The van der Waals surface area contributed by atoms with E-state index in [1.165, 1.54) is 4.90 Å². The summed E-state index contributed by atoms with van der Waals surface area (Å²) in [7, 11) is 0. The molecule has 1 amide bonds. The molecule has 0 bridgehead atoms. The number of carboxylic acid groups (broad SMARTS) is 1. The Hall–Kier alpha value is -0.480. The van der Waals surface area contributed by atoms with Crippen LogP contribution in [0, 0.1) is 5.41 Å². The van der Waals surface area contributed by atoms with Crippen LogP contribution in [0.1, 0.15) is 27.2 Å². The minimum absolute atomic E-state index is 0. The lowest BCUT2D eigenvalue weighted by molar-refractivity contribution is 0.102. The minimum atomic E-state index is -0.854. The molecule has 0 radical (unpaired) electrons. The molecule has 14 heavy (non-hydrogen) atoms. The van der Waals surface area contributed by atoms with E-state index in [4.69, 9.17) is 10.8 Å². The van der Waals surface area contributed by atoms with E-state index in [2.05, 4.69) is 0 Å². The number of nitrogens with zero attached hydrogens (tertiary/aromatic N) is 1. The van der Waals surface area contributed by atoms with Gasteiger partial charge in [-0.25, -0.2) is 4.79 Å². The van der Waals surface area contributed by atoms with E-state index >= 15 is 0 Å². The van der Waals surface area contributed by atoms with Gasteiger partial charge in [0.25, 0.3) is 0 Å². The molecule has 1 fully saturated rings. The smallest absolute Gasteiger partial charge is 0.407 e. The molecule has 3 N–H and O–H groups in total. The van der Waals surface area contributed by atoms with E-state index in [0.717, 1.165) is 6.42 Å². The van der Waals surface area contributed by atoms with Crippen molar-refractivity contribution in [2.45, 2.75) is 39.3 Å². The molecular formula is C9H19ClN2O2. The van der Waals surface area contributed by atoms with Gasteiger partial charge in [-0.2, -0.15) is 0 Å². The van der Waals surface area contributed by atoms with Gasteiger partial charge in [0.05, 0.1) is 6.04 Å². The van der Waals surface area contributed by atoms with Crippen LogP contribution in [0.15, 0.2) is 0 Å². The third kappa shape index (κ3) is 2.51. The molecule has 0 aliphatic carbocycles. The van der Waals surface area contributed by atoms with Crippen molar-refractivity contribution in [1.82, 2.24) is 4.90 Å². The molecule has 0 aromatic rings. The van der Waals surface area contributed by atoms with Crippen molar-refractivity contribution in [2.75, 3.05) is 6.54 Å². The van der Waals surface area contributed by atoms with Gasteiger partial charge < -0.3 is 15.7 Å². The molecule has 4 nitrogen and oxygen atoms in total. The van der Waals surface area contributed by atoms with E-state index in [1.54, 1.807) is 0 Å². The van der Waals surface area contributed by atoms with Crippen molar-refractivity contribution >= 4 is 18.5 Å². The first-order chi connectivity index (χ1) is 5.84. The Morgan fingerprint density at radius 3 is 2.29 bits per heavy atom. The van der Waals surface area contributed by atoms with Crippen LogP contribution in [0.3, 0.4) is 0 Å². The van der Waals surface area contributed by atoms with Crippen LogP contribution in [0.5, 0.6) is 0 Å². The average molecular weight is 223 g/mol. The number of likely N-dealkylation sites (tertiary alicyclic amines) is 1. The van der Waals surface area contributed by atoms with E-state index in [1.807, 2.05) is 20.8 Å². The minimum Gasteiger partial charge on any atom is -0.465 e. The van der Waals surface area contributed by atoms with Crippen molar-refractivity contribution in [2.24, 2.45) is 11.1 Å². The van der Waals surface area contributed by atoms with Gasteiger partial charge in [0.15, 0.2) is 0 Å². The number of hydrogen-bond donors (Lipinski definition) is 2. The molecule has 1 rings (SSSR count). The van der Waals surface area contributed by atoms with Gasteiger partial charge in [-0.1, -0.05) is 20.8 Å². The molecular weight excluding hydrogens is 204 g/mol. The molecule has 84 valence electrons. The Kier molecular flexibility index (Phi) is 4.21. The van der Waals surface area contributed by atoms with Crippen molar-refractivity contribution in [3.8, 4) is 0 Å². The number of nitrogens with two attached hydrogens (primary N) is 1. The van der Waals surface area contributed by atoms with Gasteiger partial charge in [-0.15, -0.1) is 12.4 Å². The third-order valence-electron chi connectivity index (χ3n) is 2.58. The average Bonchev–Trinajstić information content (AvgIpc) is 2.28. The highest BCUT2D eigenvalue weighted by atomic mass is 35.5. The molecule has 0 saturated carbocycles. The Bertz CT molecular complexity index is 215. The van der Waals surface area contributed by atoms with Crippen molar-refractivity contribution in [3.63, 3.8) is 0 Å². The number of halogens is 1. The van der Waals surface area contributed by atoms with Crippen LogP contribution < -0.4 is 5.73 Å². The number of amides is 1. The summed E-state index contributed by atoms with van der Waals surface area (Å²) < 4.78 is 0. The van der Waals surface area contributed by atoms with Gasteiger partial charge in [0, 0.05) is 12.6 Å². The zero-order valence-corrected chi connectivity index (χ0v) is 9.67. The first-order valence-corrected chi connectivity index (χ1v) is 4.59. The fraction of sp³-hybridized carbons (Fsp3) is 0.889. The van der Waals surface area contributed by atoms with E-state index in [-0.39, 0.29) is 29.9 Å². The number of rotatable bonds is 0. The Labute approximate surface area is 90.9 Å². The number of hydrogen-bond acceptors (Lipinski definition) is 2. The van der Waals surface area contributed by atoms with E-state index in [0.29, 0.717) is 6.54 Å². The van der Waals surface area contributed by atoms with Crippen LogP contribution in [0.4, 0.5) is 4.79 Å². The highest BCUT2D eigenvalue weighted by Gasteiger charge is 2.42. The fourth-order valence-corrected chi connectivity index (χ4v) is 2.14. The Morgan fingerprint density at radius 1 is 1.50 bits per heavy atom. The highest BCUT2D eigenvalue weighted by Crippen LogP contribution is 2.31. The first-order valence-electron chi connectivity index (χ1n) is 4.59. The maximum Gasteiger partial charge on any atom is 0.407 e. The molecule has 2 unspecified atom stereocenters. The van der Waals surface area contributed by atoms with Crippen LogP contribution in [-0.4, -0.2) is 34.7 Å². The standard InChI is InChI=1S/C9H18N2O2.ClH/c1-9(2,3)7-6(10)4-5-11(7)8(12)13;/h6-7H,4-5,10H2,1-3H3,(H,12,13);1H. The predicted molar refractivity (Wildman–Crippen MR) is 57.8 cm³/mol. The van der Waals surface area contributed by atoms with Crippen molar-refractivity contribution in [3.05, 3.63) is 0 Å². The van der Waals surface area contributed by atoms with Crippen LogP contribution >= 0.6 is 12.4 Å². The second kappa shape index (κ2) is 4.36. The lowest BCUT2D eigenvalue weighted by Gasteiger charge is -2.35.